The maximum Gasteiger partial charge on any atom is 0.274 e. The highest BCUT2D eigenvalue weighted by atomic mass is 32.1. The molecule has 1 atom stereocenters. The fourth-order valence-corrected chi connectivity index (χ4v) is 5.80. The first-order chi connectivity index (χ1) is 17.1. The molecule has 3 aromatic heterocycles. The van der Waals surface area contributed by atoms with Crippen LogP contribution in [0, 0.1) is 5.82 Å². The van der Waals surface area contributed by atoms with Crippen LogP contribution in [0.1, 0.15) is 57.6 Å². The largest absolute Gasteiger partial charge is 0.346 e. The smallest absolute Gasteiger partial charge is 0.274 e. The lowest BCUT2D eigenvalue weighted by Crippen LogP contribution is -2.49. The van der Waals surface area contributed by atoms with E-state index >= 15 is 0 Å². The Labute approximate surface area is 205 Å². The highest BCUT2D eigenvalue weighted by Crippen LogP contribution is 2.45. The second-order valence-electron chi connectivity index (χ2n) is 9.15. The molecule has 35 heavy (non-hydrogen) atoms. The summed E-state index contributed by atoms with van der Waals surface area (Å²) in [5.74, 6) is -0.241. The second-order valence-corrected chi connectivity index (χ2v) is 10.2. The van der Waals surface area contributed by atoms with Gasteiger partial charge in [-0.2, -0.15) is 0 Å². The van der Waals surface area contributed by atoms with Gasteiger partial charge in [-0.15, -0.1) is 11.3 Å². The van der Waals surface area contributed by atoms with E-state index in [2.05, 4.69) is 10.3 Å². The number of benzene rings is 1. The second kappa shape index (κ2) is 8.88. The monoisotopic (exact) mass is 489 g/mol. The molecule has 0 spiro atoms. The Morgan fingerprint density at radius 1 is 1.09 bits per heavy atom. The Morgan fingerprint density at radius 2 is 1.91 bits per heavy atom. The molecule has 7 nitrogen and oxygen atoms in total. The molecule has 2 aliphatic rings. The molecule has 2 amide bonds. The van der Waals surface area contributed by atoms with E-state index in [0.717, 1.165) is 41.1 Å². The van der Waals surface area contributed by atoms with E-state index in [0.29, 0.717) is 36.0 Å². The zero-order valence-electron chi connectivity index (χ0n) is 19.0. The van der Waals surface area contributed by atoms with Crippen LogP contribution in [0.2, 0.25) is 0 Å². The van der Waals surface area contributed by atoms with Gasteiger partial charge in [0.25, 0.3) is 11.8 Å². The van der Waals surface area contributed by atoms with Crippen LogP contribution in [0.3, 0.4) is 0 Å². The van der Waals surface area contributed by atoms with Gasteiger partial charge in [0.1, 0.15) is 22.9 Å². The van der Waals surface area contributed by atoms with Crippen LogP contribution in [0.5, 0.6) is 0 Å². The number of thiazole rings is 1. The zero-order valence-corrected chi connectivity index (χ0v) is 19.8. The summed E-state index contributed by atoms with van der Waals surface area (Å²) in [7, 11) is 0. The quantitative estimate of drug-likeness (QED) is 0.447. The Hall–Kier alpha value is -3.59. The van der Waals surface area contributed by atoms with Crippen molar-refractivity contribution in [2.75, 3.05) is 13.1 Å². The topological polar surface area (TPSA) is 79.6 Å². The number of fused-ring (bicyclic) bond motifs is 1. The van der Waals surface area contributed by atoms with Gasteiger partial charge in [-0.25, -0.2) is 14.4 Å². The van der Waals surface area contributed by atoms with Crippen LogP contribution >= 0.6 is 11.3 Å². The molecule has 0 radical (unpaired) electrons. The number of pyridine rings is 1. The van der Waals surface area contributed by atoms with Gasteiger partial charge < -0.3 is 10.2 Å². The number of hydrogen-bond donors (Lipinski definition) is 1. The summed E-state index contributed by atoms with van der Waals surface area (Å²) in [5, 5.41) is 4.06. The van der Waals surface area contributed by atoms with Crippen molar-refractivity contribution in [1.82, 2.24) is 24.6 Å². The number of halogens is 1. The van der Waals surface area contributed by atoms with Gasteiger partial charge in [-0.3, -0.25) is 14.0 Å². The fraction of sp³-hybridized carbons (Fsp3) is 0.308. The van der Waals surface area contributed by atoms with Crippen LogP contribution in [0.25, 0.3) is 16.1 Å². The van der Waals surface area contributed by atoms with Crippen molar-refractivity contribution in [3.63, 3.8) is 0 Å². The average Bonchev–Trinajstić information content (AvgIpc) is 3.48. The lowest BCUT2D eigenvalue weighted by Gasteiger charge is -2.33. The molecule has 4 aromatic rings. The van der Waals surface area contributed by atoms with Crippen LogP contribution in [-0.2, 0) is 0 Å². The van der Waals surface area contributed by atoms with E-state index in [-0.39, 0.29) is 23.7 Å². The highest BCUT2D eigenvalue weighted by Gasteiger charge is 2.33. The predicted octanol–water partition coefficient (Wildman–Crippen LogP) is 4.51. The number of rotatable bonds is 5. The number of nitrogens with one attached hydrogen (secondary N) is 1. The van der Waals surface area contributed by atoms with E-state index in [1.807, 2.05) is 24.4 Å². The number of imidazole rings is 1. The molecule has 1 saturated carbocycles. The minimum absolute atomic E-state index is 0.138. The van der Waals surface area contributed by atoms with Gasteiger partial charge in [0.15, 0.2) is 0 Å². The molecule has 2 fully saturated rings. The van der Waals surface area contributed by atoms with Gasteiger partial charge in [0.05, 0.1) is 16.1 Å². The van der Waals surface area contributed by atoms with Gasteiger partial charge in [0.2, 0.25) is 0 Å². The van der Waals surface area contributed by atoms with E-state index in [1.54, 1.807) is 27.6 Å². The summed E-state index contributed by atoms with van der Waals surface area (Å²) >= 11 is 1.53. The van der Waals surface area contributed by atoms with Crippen LogP contribution in [0.4, 0.5) is 4.39 Å². The molecule has 6 rings (SSSR count). The third-order valence-corrected chi connectivity index (χ3v) is 7.84. The molecule has 0 unspecified atom stereocenters. The van der Waals surface area contributed by atoms with Gasteiger partial charge in [0, 0.05) is 31.2 Å². The molecule has 1 saturated heterocycles. The Balaban J connectivity index is 1.21. The van der Waals surface area contributed by atoms with Crippen molar-refractivity contribution in [3.05, 3.63) is 77.1 Å². The number of piperidine rings is 1. The number of nitrogens with zero attached hydrogens (tertiary/aromatic N) is 4. The minimum Gasteiger partial charge on any atom is -0.346 e. The Bertz CT molecular complexity index is 1410. The van der Waals surface area contributed by atoms with Gasteiger partial charge in [-0.1, -0.05) is 18.2 Å². The molecule has 4 heterocycles. The maximum atomic E-state index is 13.6. The molecular weight excluding hydrogens is 465 g/mol. The number of aromatic nitrogens is 3. The number of hydrogen-bond acceptors (Lipinski definition) is 5. The molecule has 1 aliphatic heterocycles. The minimum atomic E-state index is -0.311. The normalized spacial score (nSPS) is 18.1. The molecule has 1 N–H and O–H groups in total. The molecule has 9 heteroatoms. The third-order valence-electron chi connectivity index (χ3n) is 6.57. The number of carbonyl (C=O) groups is 2. The van der Waals surface area contributed by atoms with Gasteiger partial charge >= 0.3 is 0 Å². The lowest BCUT2D eigenvalue weighted by molar-refractivity contribution is 0.0671. The number of carbonyl (C=O) groups excluding carboxylic acids is 2. The van der Waals surface area contributed by atoms with Crippen molar-refractivity contribution in [1.29, 1.82) is 0 Å². The first-order valence-electron chi connectivity index (χ1n) is 11.9. The van der Waals surface area contributed by atoms with Crippen LogP contribution in [0.15, 0.2) is 54.9 Å². The van der Waals surface area contributed by atoms with Crippen molar-refractivity contribution < 1.29 is 14.0 Å². The first-order valence-corrected chi connectivity index (χ1v) is 12.7. The van der Waals surface area contributed by atoms with Crippen molar-refractivity contribution in [2.45, 2.75) is 37.6 Å². The average molecular weight is 490 g/mol. The van der Waals surface area contributed by atoms with E-state index < -0.39 is 0 Å². The number of amides is 2. The van der Waals surface area contributed by atoms with Gasteiger partial charge in [-0.05, 0) is 55.5 Å². The SMILES string of the molecule is O=C(N[C@@H]1CCCN(C(=O)c2nc(C3CC3)sc2-c2ccc(F)cc2)C1)c1cnc2ccccn12. The summed E-state index contributed by atoms with van der Waals surface area (Å²) in [6.07, 6.45) is 7.14. The predicted molar refractivity (Wildman–Crippen MR) is 131 cm³/mol. The number of likely N-dealkylation sites (tertiary alicyclic amines) is 1. The first kappa shape index (κ1) is 21.9. The third kappa shape index (κ3) is 4.32. The summed E-state index contributed by atoms with van der Waals surface area (Å²) in [6, 6.07) is 11.6. The Kier molecular flexibility index (Phi) is 5.56. The van der Waals surface area contributed by atoms with E-state index in [9.17, 15) is 14.0 Å². The summed E-state index contributed by atoms with van der Waals surface area (Å²) in [4.78, 5) is 38.2. The summed E-state index contributed by atoms with van der Waals surface area (Å²) in [5.41, 5.74) is 2.41. The van der Waals surface area contributed by atoms with Crippen molar-refractivity contribution in [3.8, 4) is 10.4 Å². The summed E-state index contributed by atoms with van der Waals surface area (Å²) in [6.45, 7) is 1.03. The Morgan fingerprint density at radius 3 is 2.71 bits per heavy atom. The summed E-state index contributed by atoms with van der Waals surface area (Å²) < 4.78 is 15.3. The van der Waals surface area contributed by atoms with Crippen molar-refractivity contribution >= 4 is 28.8 Å². The highest BCUT2D eigenvalue weighted by molar-refractivity contribution is 7.15. The molecular formula is C26H24FN5O2S. The fourth-order valence-electron chi connectivity index (χ4n) is 4.57. The van der Waals surface area contributed by atoms with Crippen molar-refractivity contribution in [2.24, 2.45) is 0 Å². The van der Waals surface area contributed by atoms with Crippen LogP contribution in [-0.4, -0.2) is 50.2 Å². The molecule has 1 aromatic carbocycles. The maximum absolute atomic E-state index is 13.6. The molecule has 1 aliphatic carbocycles. The zero-order chi connectivity index (χ0) is 23.9. The van der Waals surface area contributed by atoms with Crippen LogP contribution < -0.4 is 5.32 Å². The van der Waals surface area contributed by atoms with E-state index in [4.69, 9.17) is 4.98 Å². The lowest BCUT2D eigenvalue weighted by atomic mass is 10.0. The standard InChI is InChI=1S/C26H24FN5O2S/c27-18-10-8-16(9-11-18)23-22(30-25(35-23)17-6-7-17)26(34)31-12-3-4-19(15-31)29-24(33)20-14-28-21-5-1-2-13-32(20)21/h1-2,5,8-11,13-14,17,19H,3-4,6-7,12,15H2,(H,29,33)/t19-/m1/s1. The molecule has 0 bridgehead atoms. The van der Waals surface area contributed by atoms with E-state index in [1.165, 1.54) is 23.5 Å². The molecule has 178 valence electrons.